The maximum absolute atomic E-state index is 12.0. The van der Waals surface area contributed by atoms with Crippen LogP contribution >= 0.6 is 11.6 Å². The number of hydrogen-bond donors (Lipinski definition) is 1. The Labute approximate surface area is 113 Å². The largest absolute Gasteiger partial charge is 0.272 e. The standard InChI is InChI=1S/C14H18ClNO2/c1-4-9-18-16-14(17)13(10(2)3)11-5-7-12(15)8-6-11/h4-8,10,13H,1,9H2,2-3H3,(H,16,17). The minimum Gasteiger partial charge on any atom is -0.272 e. The van der Waals surface area contributed by atoms with Crippen LogP contribution in [0.15, 0.2) is 36.9 Å². The first kappa shape index (κ1) is 14.7. The second-order valence-electron chi connectivity index (χ2n) is 4.34. The van der Waals surface area contributed by atoms with Gasteiger partial charge in [-0.15, -0.1) is 6.58 Å². The van der Waals surface area contributed by atoms with Gasteiger partial charge in [-0.05, 0) is 23.6 Å². The molecule has 0 aliphatic carbocycles. The number of benzene rings is 1. The molecule has 1 amide bonds. The summed E-state index contributed by atoms with van der Waals surface area (Å²) in [7, 11) is 0. The molecule has 98 valence electrons. The average molecular weight is 268 g/mol. The van der Waals surface area contributed by atoms with Crippen LogP contribution < -0.4 is 5.48 Å². The van der Waals surface area contributed by atoms with Gasteiger partial charge in [0.1, 0.15) is 0 Å². The Morgan fingerprint density at radius 1 is 1.44 bits per heavy atom. The molecule has 1 rings (SSSR count). The molecular formula is C14H18ClNO2. The van der Waals surface area contributed by atoms with Crippen molar-refractivity contribution >= 4 is 17.5 Å². The zero-order valence-electron chi connectivity index (χ0n) is 10.7. The lowest BCUT2D eigenvalue weighted by atomic mass is 9.88. The molecule has 0 aliphatic rings. The van der Waals surface area contributed by atoms with E-state index in [-0.39, 0.29) is 24.3 Å². The lowest BCUT2D eigenvalue weighted by molar-refractivity contribution is -0.135. The molecule has 1 atom stereocenters. The molecular weight excluding hydrogens is 250 g/mol. The SMILES string of the molecule is C=CCONC(=O)C(c1ccc(Cl)cc1)C(C)C. The van der Waals surface area contributed by atoms with E-state index in [2.05, 4.69) is 12.1 Å². The van der Waals surface area contributed by atoms with Gasteiger partial charge in [-0.2, -0.15) is 0 Å². The Morgan fingerprint density at radius 2 is 2.06 bits per heavy atom. The Kier molecular flexibility index (Phi) is 5.89. The molecule has 0 fully saturated rings. The monoisotopic (exact) mass is 267 g/mol. The molecule has 0 aliphatic heterocycles. The lowest BCUT2D eigenvalue weighted by Crippen LogP contribution is -2.32. The molecule has 0 heterocycles. The number of hydroxylamine groups is 1. The second kappa shape index (κ2) is 7.19. The summed E-state index contributed by atoms with van der Waals surface area (Å²) in [5, 5.41) is 0.657. The van der Waals surface area contributed by atoms with Gasteiger partial charge < -0.3 is 0 Å². The van der Waals surface area contributed by atoms with Crippen molar-refractivity contribution < 1.29 is 9.63 Å². The van der Waals surface area contributed by atoms with Gasteiger partial charge in [0.25, 0.3) is 5.91 Å². The fourth-order valence-corrected chi connectivity index (χ4v) is 1.87. The number of hydrogen-bond acceptors (Lipinski definition) is 2. The molecule has 18 heavy (non-hydrogen) atoms. The highest BCUT2D eigenvalue weighted by Gasteiger charge is 2.24. The number of carbonyl (C=O) groups is 1. The van der Waals surface area contributed by atoms with E-state index in [1.807, 2.05) is 26.0 Å². The molecule has 1 aromatic carbocycles. The van der Waals surface area contributed by atoms with Gasteiger partial charge in [0.2, 0.25) is 0 Å². The van der Waals surface area contributed by atoms with Crippen LogP contribution in [0.25, 0.3) is 0 Å². The molecule has 0 saturated heterocycles. The van der Waals surface area contributed by atoms with Crippen molar-refractivity contribution in [2.75, 3.05) is 6.61 Å². The summed E-state index contributed by atoms with van der Waals surface area (Å²) in [6.45, 7) is 7.79. The van der Waals surface area contributed by atoms with Crippen LogP contribution in [0.1, 0.15) is 25.3 Å². The van der Waals surface area contributed by atoms with Crippen LogP contribution in [-0.4, -0.2) is 12.5 Å². The Balaban J connectivity index is 2.79. The highest BCUT2D eigenvalue weighted by atomic mass is 35.5. The van der Waals surface area contributed by atoms with E-state index < -0.39 is 0 Å². The Hall–Kier alpha value is -1.32. The van der Waals surface area contributed by atoms with Crippen LogP contribution in [0.2, 0.25) is 5.02 Å². The van der Waals surface area contributed by atoms with Crippen LogP contribution in [0, 0.1) is 5.92 Å². The van der Waals surface area contributed by atoms with Crippen molar-refractivity contribution in [3.05, 3.63) is 47.5 Å². The first-order valence-electron chi connectivity index (χ1n) is 5.84. The fraction of sp³-hybridized carbons (Fsp3) is 0.357. The molecule has 0 bridgehead atoms. The summed E-state index contributed by atoms with van der Waals surface area (Å²) < 4.78 is 0. The maximum atomic E-state index is 12.0. The van der Waals surface area contributed by atoms with E-state index in [4.69, 9.17) is 16.4 Å². The van der Waals surface area contributed by atoms with Crippen molar-refractivity contribution in [3.8, 4) is 0 Å². The van der Waals surface area contributed by atoms with Gasteiger partial charge in [-0.3, -0.25) is 9.63 Å². The minimum absolute atomic E-state index is 0.158. The third-order valence-corrected chi connectivity index (χ3v) is 2.80. The summed E-state index contributed by atoms with van der Waals surface area (Å²) in [4.78, 5) is 17.0. The average Bonchev–Trinajstić information content (AvgIpc) is 2.32. The minimum atomic E-state index is -0.257. The van der Waals surface area contributed by atoms with Crippen LogP contribution in [0.4, 0.5) is 0 Å². The topological polar surface area (TPSA) is 38.3 Å². The molecule has 1 N–H and O–H groups in total. The summed E-state index contributed by atoms with van der Waals surface area (Å²) in [5.41, 5.74) is 3.36. The maximum Gasteiger partial charge on any atom is 0.251 e. The quantitative estimate of drug-likeness (QED) is 0.488. The third kappa shape index (κ3) is 4.17. The summed E-state index contributed by atoms with van der Waals surface area (Å²) in [6, 6.07) is 7.29. The Bertz CT molecular complexity index is 401. The van der Waals surface area contributed by atoms with Crippen molar-refractivity contribution in [1.82, 2.24) is 5.48 Å². The van der Waals surface area contributed by atoms with E-state index >= 15 is 0 Å². The van der Waals surface area contributed by atoms with Crippen molar-refractivity contribution in [1.29, 1.82) is 0 Å². The summed E-state index contributed by atoms with van der Waals surface area (Å²) >= 11 is 5.84. The molecule has 1 aromatic rings. The number of rotatable bonds is 6. The van der Waals surface area contributed by atoms with E-state index in [9.17, 15) is 4.79 Å². The van der Waals surface area contributed by atoms with Crippen LogP contribution in [0.3, 0.4) is 0 Å². The smallest absolute Gasteiger partial charge is 0.251 e. The first-order valence-corrected chi connectivity index (χ1v) is 6.22. The number of amides is 1. The predicted octanol–water partition coefficient (Wildman–Crippen LogP) is 3.31. The van der Waals surface area contributed by atoms with Gasteiger partial charge in [-0.25, -0.2) is 5.48 Å². The van der Waals surface area contributed by atoms with E-state index in [1.54, 1.807) is 18.2 Å². The van der Waals surface area contributed by atoms with Crippen molar-refractivity contribution in [3.63, 3.8) is 0 Å². The normalized spacial score (nSPS) is 12.2. The first-order chi connectivity index (χ1) is 8.56. The molecule has 4 heteroatoms. The third-order valence-electron chi connectivity index (χ3n) is 2.55. The van der Waals surface area contributed by atoms with Crippen LogP contribution in [0.5, 0.6) is 0 Å². The zero-order valence-corrected chi connectivity index (χ0v) is 11.4. The number of halogens is 1. The highest BCUT2D eigenvalue weighted by molar-refractivity contribution is 6.30. The molecule has 0 saturated carbocycles. The number of nitrogens with one attached hydrogen (secondary N) is 1. The summed E-state index contributed by atoms with van der Waals surface area (Å²) in [5.74, 6) is -0.250. The van der Waals surface area contributed by atoms with Crippen molar-refractivity contribution in [2.24, 2.45) is 5.92 Å². The van der Waals surface area contributed by atoms with E-state index in [1.165, 1.54) is 0 Å². The second-order valence-corrected chi connectivity index (χ2v) is 4.78. The zero-order chi connectivity index (χ0) is 13.5. The van der Waals surface area contributed by atoms with Crippen LogP contribution in [-0.2, 0) is 9.63 Å². The summed E-state index contributed by atoms with van der Waals surface area (Å²) in [6.07, 6.45) is 1.58. The Morgan fingerprint density at radius 3 is 2.56 bits per heavy atom. The predicted molar refractivity (Wildman–Crippen MR) is 73.3 cm³/mol. The number of carbonyl (C=O) groups excluding carboxylic acids is 1. The molecule has 0 radical (unpaired) electrons. The molecule has 0 spiro atoms. The van der Waals surface area contributed by atoms with Gasteiger partial charge in [0.05, 0.1) is 12.5 Å². The van der Waals surface area contributed by atoms with Gasteiger partial charge >= 0.3 is 0 Å². The fourth-order valence-electron chi connectivity index (χ4n) is 1.74. The highest BCUT2D eigenvalue weighted by Crippen LogP contribution is 2.25. The lowest BCUT2D eigenvalue weighted by Gasteiger charge is -2.20. The molecule has 1 unspecified atom stereocenters. The van der Waals surface area contributed by atoms with Gasteiger partial charge in [0, 0.05) is 5.02 Å². The van der Waals surface area contributed by atoms with E-state index in [0.717, 1.165) is 5.56 Å². The van der Waals surface area contributed by atoms with Crippen molar-refractivity contribution in [2.45, 2.75) is 19.8 Å². The van der Waals surface area contributed by atoms with Gasteiger partial charge in [0.15, 0.2) is 0 Å². The van der Waals surface area contributed by atoms with Gasteiger partial charge in [-0.1, -0.05) is 43.7 Å². The van der Waals surface area contributed by atoms with E-state index in [0.29, 0.717) is 5.02 Å². The molecule has 3 nitrogen and oxygen atoms in total. The molecule has 0 aromatic heterocycles.